The van der Waals surface area contributed by atoms with Gasteiger partial charge in [-0.2, -0.15) is 18.3 Å². The van der Waals surface area contributed by atoms with Crippen molar-refractivity contribution in [1.82, 2.24) is 20.4 Å². The van der Waals surface area contributed by atoms with Gasteiger partial charge in [-0.3, -0.25) is 9.48 Å². The summed E-state index contributed by atoms with van der Waals surface area (Å²) >= 11 is 0. The van der Waals surface area contributed by atoms with Gasteiger partial charge in [-0.05, 0) is 19.9 Å². The van der Waals surface area contributed by atoms with Gasteiger partial charge < -0.3 is 10.6 Å². The first-order chi connectivity index (χ1) is 8.78. The molecule has 0 saturated carbocycles. The van der Waals surface area contributed by atoms with Crippen LogP contribution in [0.4, 0.5) is 13.2 Å². The number of amides is 1. The maximum Gasteiger partial charge on any atom is 0.405 e. The lowest BCUT2D eigenvalue weighted by molar-refractivity contribution is -0.139. The van der Waals surface area contributed by atoms with E-state index < -0.39 is 24.7 Å². The SMILES string of the molecule is CC(Cn1cccn1)NC(C)C(=O)NCC(F)(F)F. The Morgan fingerprint density at radius 1 is 1.42 bits per heavy atom. The van der Waals surface area contributed by atoms with Crippen LogP contribution in [0.25, 0.3) is 0 Å². The summed E-state index contributed by atoms with van der Waals surface area (Å²) in [4.78, 5) is 11.4. The smallest absolute Gasteiger partial charge is 0.346 e. The van der Waals surface area contributed by atoms with Gasteiger partial charge in [0.25, 0.3) is 0 Å². The third-order valence-electron chi connectivity index (χ3n) is 2.41. The summed E-state index contributed by atoms with van der Waals surface area (Å²) < 4.78 is 37.5. The van der Waals surface area contributed by atoms with Crippen LogP contribution in [0, 0.1) is 0 Å². The lowest BCUT2D eigenvalue weighted by Gasteiger charge is -2.20. The molecule has 2 atom stereocenters. The Labute approximate surface area is 109 Å². The molecular formula is C11H17F3N4O. The van der Waals surface area contributed by atoms with Crippen molar-refractivity contribution >= 4 is 5.91 Å². The molecule has 1 amide bonds. The van der Waals surface area contributed by atoms with Crippen molar-refractivity contribution in [3.05, 3.63) is 18.5 Å². The monoisotopic (exact) mass is 278 g/mol. The number of halogens is 3. The average molecular weight is 278 g/mol. The Morgan fingerprint density at radius 2 is 2.11 bits per heavy atom. The number of nitrogens with one attached hydrogen (secondary N) is 2. The normalized spacial score (nSPS) is 15.0. The van der Waals surface area contributed by atoms with E-state index in [1.807, 2.05) is 12.2 Å². The molecule has 0 spiro atoms. The molecule has 0 fully saturated rings. The van der Waals surface area contributed by atoms with E-state index >= 15 is 0 Å². The van der Waals surface area contributed by atoms with Gasteiger partial charge >= 0.3 is 6.18 Å². The molecule has 1 aromatic rings. The molecule has 108 valence electrons. The highest BCUT2D eigenvalue weighted by Crippen LogP contribution is 2.12. The Morgan fingerprint density at radius 3 is 2.63 bits per heavy atom. The van der Waals surface area contributed by atoms with Gasteiger partial charge in [0.2, 0.25) is 5.91 Å². The summed E-state index contributed by atoms with van der Waals surface area (Å²) in [7, 11) is 0. The molecule has 0 aliphatic rings. The van der Waals surface area contributed by atoms with E-state index in [9.17, 15) is 18.0 Å². The second-order valence-electron chi connectivity index (χ2n) is 4.35. The number of aromatic nitrogens is 2. The molecular weight excluding hydrogens is 261 g/mol. The van der Waals surface area contributed by atoms with Gasteiger partial charge in [0, 0.05) is 18.4 Å². The highest BCUT2D eigenvalue weighted by molar-refractivity contribution is 5.81. The first-order valence-corrected chi connectivity index (χ1v) is 5.86. The van der Waals surface area contributed by atoms with E-state index in [1.54, 1.807) is 23.1 Å². The summed E-state index contributed by atoms with van der Waals surface area (Å²) in [6, 6.07) is 0.978. The minimum absolute atomic E-state index is 0.0912. The fraction of sp³-hybridized carbons (Fsp3) is 0.636. The Balaban J connectivity index is 2.33. The van der Waals surface area contributed by atoms with Gasteiger partial charge in [-0.1, -0.05) is 0 Å². The summed E-state index contributed by atoms with van der Waals surface area (Å²) in [6.07, 6.45) is -0.991. The van der Waals surface area contributed by atoms with Crippen molar-refractivity contribution < 1.29 is 18.0 Å². The van der Waals surface area contributed by atoms with E-state index in [0.717, 1.165) is 0 Å². The van der Waals surface area contributed by atoms with E-state index in [-0.39, 0.29) is 6.04 Å². The fourth-order valence-electron chi connectivity index (χ4n) is 1.58. The van der Waals surface area contributed by atoms with E-state index in [1.165, 1.54) is 6.92 Å². The molecule has 0 aromatic carbocycles. The summed E-state index contributed by atoms with van der Waals surface area (Å²) in [5.74, 6) is -0.676. The minimum atomic E-state index is -4.39. The van der Waals surface area contributed by atoms with Crippen LogP contribution in [0.3, 0.4) is 0 Å². The molecule has 0 aliphatic carbocycles. The topological polar surface area (TPSA) is 59.0 Å². The van der Waals surface area contributed by atoms with E-state index in [4.69, 9.17) is 0 Å². The van der Waals surface area contributed by atoms with Crippen LogP contribution >= 0.6 is 0 Å². The molecule has 0 radical (unpaired) electrons. The number of alkyl halides is 3. The predicted molar refractivity (Wildman–Crippen MR) is 63.4 cm³/mol. The fourth-order valence-corrected chi connectivity index (χ4v) is 1.58. The standard InChI is InChI=1S/C11H17F3N4O/c1-8(6-18-5-3-4-16-18)17-9(2)10(19)15-7-11(12,13)14/h3-5,8-9,17H,6-7H2,1-2H3,(H,15,19). The highest BCUT2D eigenvalue weighted by atomic mass is 19.4. The number of nitrogens with zero attached hydrogens (tertiary/aromatic N) is 2. The quantitative estimate of drug-likeness (QED) is 0.814. The van der Waals surface area contributed by atoms with Crippen molar-refractivity contribution in [3.8, 4) is 0 Å². The molecule has 1 rings (SSSR count). The zero-order valence-electron chi connectivity index (χ0n) is 10.7. The zero-order chi connectivity index (χ0) is 14.5. The predicted octanol–water partition coefficient (Wildman–Crippen LogP) is 0.928. The van der Waals surface area contributed by atoms with Crippen LogP contribution in [-0.2, 0) is 11.3 Å². The Kier molecular flexibility index (Phi) is 5.34. The van der Waals surface area contributed by atoms with Crippen LogP contribution in [0.15, 0.2) is 18.5 Å². The van der Waals surface area contributed by atoms with Crippen LogP contribution in [0.5, 0.6) is 0 Å². The van der Waals surface area contributed by atoms with Crippen molar-refractivity contribution in [2.75, 3.05) is 6.54 Å². The first kappa shape index (κ1) is 15.5. The molecule has 8 heteroatoms. The van der Waals surface area contributed by atoms with Crippen molar-refractivity contribution in [3.63, 3.8) is 0 Å². The second-order valence-corrected chi connectivity index (χ2v) is 4.35. The molecule has 2 N–H and O–H groups in total. The van der Waals surface area contributed by atoms with Crippen molar-refractivity contribution in [2.24, 2.45) is 0 Å². The number of hydrogen-bond acceptors (Lipinski definition) is 3. The van der Waals surface area contributed by atoms with Crippen LogP contribution in [0.1, 0.15) is 13.8 Å². The molecule has 1 aromatic heterocycles. The van der Waals surface area contributed by atoms with Crippen LogP contribution < -0.4 is 10.6 Å². The third-order valence-corrected chi connectivity index (χ3v) is 2.41. The number of carbonyl (C=O) groups excluding carboxylic acids is 1. The molecule has 2 unspecified atom stereocenters. The van der Waals surface area contributed by atoms with Crippen molar-refractivity contribution in [1.29, 1.82) is 0 Å². The van der Waals surface area contributed by atoms with Gasteiger partial charge in [-0.25, -0.2) is 0 Å². The molecule has 0 saturated heterocycles. The van der Waals surface area contributed by atoms with Gasteiger partial charge in [-0.15, -0.1) is 0 Å². The summed E-state index contributed by atoms with van der Waals surface area (Å²) in [6.45, 7) is 2.57. The maximum atomic E-state index is 11.9. The third kappa shape index (κ3) is 6.23. The summed E-state index contributed by atoms with van der Waals surface area (Å²) in [5, 5.41) is 8.76. The van der Waals surface area contributed by atoms with E-state index in [2.05, 4.69) is 10.4 Å². The van der Waals surface area contributed by atoms with E-state index in [0.29, 0.717) is 6.54 Å². The minimum Gasteiger partial charge on any atom is -0.346 e. The Bertz CT molecular complexity index is 391. The largest absolute Gasteiger partial charge is 0.405 e. The first-order valence-electron chi connectivity index (χ1n) is 5.86. The van der Waals surface area contributed by atoms with Crippen LogP contribution in [0.2, 0.25) is 0 Å². The maximum absolute atomic E-state index is 11.9. The van der Waals surface area contributed by atoms with Gasteiger partial charge in [0.1, 0.15) is 6.54 Å². The lowest BCUT2D eigenvalue weighted by Crippen LogP contribution is -2.48. The summed E-state index contributed by atoms with van der Waals surface area (Å²) in [5.41, 5.74) is 0. The average Bonchev–Trinajstić information content (AvgIpc) is 2.77. The van der Waals surface area contributed by atoms with Gasteiger partial charge in [0.05, 0.1) is 12.6 Å². The molecule has 19 heavy (non-hydrogen) atoms. The molecule has 5 nitrogen and oxygen atoms in total. The molecule has 0 aliphatic heterocycles. The highest BCUT2D eigenvalue weighted by Gasteiger charge is 2.28. The van der Waals surface area contributed by atoms with Crippen molar-refractivity contribution in [2.45, 2.75) is 38.7 Å². The molecule has 1 heterocycles. The second kappa shape index (κ2) is 6.55. The number of carbonyl (C=O) groups is 1. The molecule has 0 bridgehead atoms. The Hall–Kier alpha value is -1.57. The van der Waals surface area contributed by atoms with Crippen LogP contribution in [-0.4, -0.2) is 40.5 Å². The number of hydrogen-bond donors (Lipinski definition) is 2. The lowest BCUT2D eigenvalue weighted by atomic mass is 10.2. The van der Waals surface area contributed by atoms with Gasteiger partial charge in [0.15, 0.2) is 0 Å². The number of rotatable bonds is 6. The zero-order valence-corrected chi connectivity index (χ0v) is 10.7.